The van der Waals surface area contributed by atoms with Crippen molar-refractivity contribution in [3.63, 3.8) is 0 Å². The van der Waals surface area contributed by atoms with Crippen molar-refractivity contribution >= 4 is 0 Å². The molecule has 1 aliphatic rings. The fourth-order valence-corrected chi connectivity index (χ4v) is 2.71. The SMILES string of the molecule is CCC1(O)CCCCc2ccc(C(C)(C)C)nc21. The third kappa shape index (κ3) is 2.44. The number of nitrogens with zero attached hydrogens (tertiary/aromatic N) is 1. The number of pyridine rings is 1. The van der Waals surface area contributed by atoms with Gasteiger partial charge < -0.3 is 5.11 Å². The molecule has 0 fully saturated rings. The van der Waals surface area contributed by atoms with Gasteiger partial charge in [-0.3, -0.25) is 4.98 Å². The van der Waals surface area contributed by atoms with Crippen molar-refractivity contribution in [1.29, 1.82) is 0 Å². The van der Waals surface area contributed by atoms with Crippen LogP contribution in [0.2, 0.25) is 0 Å². The first kappa shape index (κ1) is 13.5. The zero-order chi connectivity index (χ0) is 13.4. The second-order valence-corrected chi connectivity index (χ2v) is 6.55. The van der Waals surface area contributed by atoms with Crippen LogP contribution in [0, 0.1) is 0 Å². The molecule has 2 nitrogen and oxygen atoms in total. The van der Waals surface area contributed by atoms with Crippen molar-refractivity contribution in [3.05, 3.63) is 29.1 Å². The summed E-state index contributed by atoms with van der Waals surface area (Å²) in [5.74, 6) is 0. The van der Waals surface area contributed by atoms with E-state index in [0.29, 0.717) is 0 Å². The lowest BCUT2D eigenvalue weighted by atomic mass is 9.87. The molecule has 1 N–H and O–H groups in total. The Morgan fingerprint density at radius 3 is 2.61 bits per heavy atom. The minimum Gasteiger partial charge on any atom is -0.384 e. The highest BCUT2D eigenvalue weighted by atomic mass is 16.3. The summed E-state index contributed by atoms with van der Waals surface area (Å²) in [6, 6.07) is 4.30. The average Bonchev–Trinajstić information content (AvgIpc) is 2.48. The van der Waals surface area contributed by atoms with E-state index in [2.05, 4.69) is 39.8 Å². The first-order valence-corrected chi connectivity index (χ1v) is 7.10. The molecule has 1 unspecified atom stereocenters. The van der Waals surface area contributed by atoms with E-state index in [-0.39, 0.29) is 5.41 Å². The van der Waals surface area contributed by atoms with Gasteiger partial charge in [-0.05, 0) is 43.7 Å². The molecule has 2 heteroatoms. The Labute approximate surface area is 110 Å². The van der Waals surface area contributed by atoms with Crippen molar-refractivity contribution in [2.45, 2.75) is 70.8 Å². The van der Waals surface area contributed by atoms with E-state index in [1.165, 1.54) is 5.56 Å². The predicted molar refractivity (Wildman–Crippen MR) is 74.7 cm³/mol. The maximum atomic E-state index is 10.8. The molecule has 1 aliphatic carbocycles. The fourth-order valence-electron chi connectivity index (χ4n) is 2.71. The molecule has 0 amide bonds. The maximum Gasteiger partial charge on any atom is 0.107 e. The van der Waals surface area contributed by atoms with Gasteiger partial charge in [0.15, 0.2) is 0 Å². The summed E-state index contributed by atoms with van der Waals surface area (Å²) in [6.45, 7) is 8.57. The Balaban J connectivity index is 2.54. The van der Waals surface area contributed by atoms with Crippen LogP contribution in [0.3, 0.4) is 0 Å². The van der Waals surface area contributed by atoms with Gasteiger partial charge in [-0.2, -0.15) is 0 Å². The van der Waals surface area contributed by atoms with Gasteiger partial charge in [0, 0.05) is 11.1 Å². The highest BCUT2D eigenvalue weighted by molar-refractivity contribution is 5.31. The summed E-state index contributed by atoms with van der Waals surface area (Å²) in [5.41, 5.74) is 2.58. The standard InChI is InChI=1S/C16H25NO/c1-5-16(18)11-7-6-8-12-9-10-13(15(2,3)4)17-14(12)16/h9-10,18H,5-8,11H2,1-4H3. The van der Waals surface area contributed by atoms with Gasteiger partial charge >= 0.3 is 0 Å². The Bertz CT molecular complexity index is 433. The smallest absolute Gasteiger partial charge is 0.107 e. The van der Waals surface area contributed by atoms with Crippen LogP contribution in [0.1, 0.15) is 70.3 Å². The summed E-state index contributed by atoms with van der Waals surface area (Å²) in [6.07, 6.45) is 4.89. The zero-order valence-electron chi connectivity index (χ0n) is 12.1. The lowest BCUT2D eigenvalue weighted by Crippen LogP contribution is -2.28. The number of hydrogen-bond donors (Lipinski definition) is 1. The van der Waals surface area contributed by atoms with Gasteiger partial charge in [0.25, 0.3) is 0 Å². The minimum atomic E-state index is -0.715. The van der Waals surface area contributed by atoms with Crippen LogP contribution in [0.15, 0.2) is 12.1 Å². The fraction of sp³-hybridized carbons (Fsp3) is 0.688. The van der Waals surface area contributed by atoms with Gasteiger partial charge in [-0.25, -0.2) is 0 Å². The molecule has 0 saturated heterocycles. The quantitative estimate of drug-likeness (QED) is 0.768. The monoisotopic (exact) mass is 247 g/mol. The summed E-state index contributed by atoms with van der Waals surface area (Å²) in [4.78, 5) is 4.82. The summed E-state index contributed by atoms with van der Waals surface area (Å²) < 4.78 is 0. The van der Waals surface area contributed by atoms with Gasteiger partial charge in [-0.15, -0.1) is 0 Å². The zero-order valence-corrected chi connectivity index (χ0v) is 12.1. The van der Waals surface area contributed by atoms with E-state index >= 15 is 0 Å². The molecule has 1 heterocycles. The molecule has 0 spiro atoms. The second-order valence-electron chi connectivity index (χ2n) is 6.55. The molecule has 0 radical (unpaired) electrons. The third-order valence-corrected chi connectivity index (χ3v) is 4.06. The molecule has 0 aromatic carbocycles. The summed E-state index contributed by atoms with van der Waals surface area (Å²) in [5, 5.41) is 10.8. The van der Waals surface area contributed by atoms with Gasteiger partial charge in [0.05, 0.1) is 5.69 Å². The minimum absolute atomic E-state index is 0.0377. The first-order chi connectivity index (χ1) is 8.37. The van der Waals surface area contributed by atoms with E-state index in [1.54, 1.807) is 0 Å². The predicted octanol–water partition coefficient (Wildman–Crippen LogP) is 3.70. The van der Waals surface area contributed by atoms with E-state index in [1.807, 2.05) is 0 Å². The number of aromatic nitrogens is 1. The summed E-state index contributed by atoms with van der Waals surface area (Å²) >= 11 is 0. The van der Waals surface area contributed by atoms with Crippen molar-refractivity contribution < 1.29 is 5.11 Å². The largest absolute Gasteiger partial charge is 0.384 e. The van der Waals surface area contributed by atoms with Crippen LogP contribution >= 0.6 is 0 Å². The molecule has 1 atom stereocenters. The average molecular weight is 247 g/mol. The molecule has 1 aromatic rings. The van der Waals surface area contributed by atoms with E-state index in [4.69, 9.17) is 4.98 Å². The first-order valence-electron chi connectivity index (χ1n) is 7.10. The molecule has 0 bridgehead atoms. The summed E-state index contributed by atoms with van der Waals surface area (Å²) in [7, 11) is 0. The molecule has 18 heavy (non-hydrogen) atoms. The number of rotatable bonds is 1. The van der Waals surface area contributed by atoms with Crippen LogP contribution in [-0.4, -0.2) is 10.1 Å². The van der Waals surface area contributed by atoms with Crippen LogP contribution in [0.4, 0.5) is 0 Å². The topological polar surface area (TPSA) is 33.1 Å². The van der Waals surface area contributed by atoms with Crippen LogP contribution in [-0.2, 0) is 17.4 Å². The van der Waals surface area contributed by atoms with Crippen LogP contribution < -0.4 is 0 Å². The molecule has 1 aromatic heterocycles. The molecular weight excluding hydrogens is 222 g/mol. The number of aryl methyl sites for hydroxylation is 1. The molecular formula is C16H25NO. The Kier molecular flexibility index (Phi) is 3.50. The van der Waals surface area contributed by atoms with Gasteiger partial charge in [-0.1, -0.05) is 33.8 Å². The van der Waals surface area contributed by atoms with E-state index in [9.17, 15) is 5.11 Å². The van der Waals surface area contributed by atoms with E-state index < -0.39 is 5.60 Å². The molecule has 0 aliphatic heterocycles. The molecule has 2 rings (SSSR count). The Morgan fingerprint density at radius 2 is 2.00 bits per heavy atom. The van der Waals surface area contributed by atoms with Crippen LogP contribution in [0.5, 0.6) is 0 Å². The van der Waals surface area contributed by atoms with Gasteiger partial charge in [0.1, 0.15) is 5.60 Å². The highest BCUT2D eigenvalue weighted by Crippen LogP contribution is 2.36. The Morgan fingerprint density at radius 1 is 1.28 bits per heavy atom. The second kappa shape index (κ2) is 4.65. The number of fused-ring (bicyclic) bond motifs is 1. The molecule has 100 valence electrons. The van der Waals surface area contributed by atoms with Crippen molar-refractivity contribution in [2.75, 3.05) is 0 Å². The highest BCUT2D eigenvalue weighted by Gasteiger charge is 2.33. The van der Waals surface area contributed by atoms with Crippen molar-refractivity contribution in [3.8, 4) is 0 Å². The number of aliphatic hydroxyl groups is 1. The van der Waals surface area contributed by atoms with Crippen molar-refractivity contribution in [2.24, 2.45) is 0 Å². The van der Waals surface area contributed by atoms with E-state index in [0.717, 1.165) is 43.5 Å². The Hall–Kier alpha value is -0.890. The normalized spacial score (nSPS) is 24.5. The van der Waals surface area contributed by atoms with Gasteiger partial charge in [0.2, 0.25) is 0 Å². The number of hydrogen-bond acceptors (Lipinski definition) is 2. The van der Waals surface area contributed by atoms with Crippen LogP contribution in [0.25, 0.3) is 0 Å². The maximum absolute atomic E-state index is 10.8. The lowest BCUT2D eigenvalue weighted by Gasteiger charge is -2.28. The van der Waals surface area contributed by atoms with Crippen molar-refractivity contribution in [1.82, 2.24) is 4.98 Å². The third-order valence-electron chi connectivity index (χ3n) is 4.06. The lowest BCUT2D eigenvalue weighted by molar-refractivity contribution is 0.0183. The molecule has 0 saturated carbocycles.